The van der Waals surface area contributed by atoms with Gasteiger partial charge < -0.3 is 9.64 Å². The standard InChI is InChI=1S/C16H20N2O3/c19-14-16(9-5-2-6-10-16)18(15(20)17-14)11-12-21-13-7-3-1-4-8-13/h1,3-4,7-8H,2,5-6,9-12H2,(H,17,19,20). The van der Waals surface area contributed by atoms with Gasteiger partial charge in [0, 0.05) is 0 Å². The molecule has 112 valence electrons. The summed E-state index contributed by atoms with van der Waals surface area (Å²) in [5.41, 5.74) is -0.630. The first-order chi connectivity index (χ1) is 10.2. The van der Waals surface area contributed by atoms with E-state index in [2.05, 4.69) is 5.32 Å². The second-order valence-corrected chi connectivity index (χ2v) is 5.66. The summed E-state index contributed by atoms with van der Waals surface area (Å²) in [5.74, 6) is 0.646. The number of para-hydroxylation sites is 1. The Hall–Kier alpha value is -2.04. The number of carbonyl (C=O) groups excluding carboxylic acids is 2. The molecule has 5 heteroatoms. The van der Waals surface area contributed by atoms with E-state index in [1.807, 2.05) is 30.3 Å². The fraction of sp³-hybridized carbons (Fsp3) is 0.500. The van der Waals surface area contributed by atoms with Gasteiger partial charge >= 0.3 is 6.03 Å². The van der Waals surface area contributed by atoms with Crippen molar-refractivity contribution >= 4 is 11.9 Å². The molecule has 0 bridgehead atoms. The first kappa shape index (κ1) is 13.9. The molecule has 1 aliphatic carbocycles. The zero-order valence-electron chi connectivity index (χ0n) is 12.0. The molecule has 1 aliphatic heterocycles. The number of ether oxygens (including phenoxy) is 1. The summed E-state index contributed by atoms with van der Waals surface area (Å²) in [5, 5.41) is 2.47. The van der Waals surface area contributed by atoms with Crippen LogP contribution in [0.15, 0.2) is 30.3 Å². The van der Waals surface area contributed by atoms with Gasteiger partial charge in [0.2, 0.25) is 0 Å². The molecule has 0 atom stereocenters. The Morgan fingerprint density at radius 3 is 2.52 bits per heavy atom. The van der Waals surface area contributed by atoms with Crippen LogP contribution in [-0.4, -0.2) is 35.5 Å². The van der Waals surface area contributed by atoms with E-state index >= 15 is 0 Å². The summed E-state index contributed by atoms with van der Waals surface area (Å²) in [4.78, 5) is 25.9. The molecule has 1 spiro atoms. The summed E-state index contributed by atoms with van der Waals surface area (Å²) in [6.07, 6.45) is 4.65. The number of hydrogen-bond acceptors (Lipinski definition) is 3. The first-order valence-electron chi connectivity index (χ1n) is 7.53. The number of benzene rings is 1. The van der Waals surface area contributed by atoms with Crippen LogP contribution in [0, 0.1) is 0 Å². The highest BCUT2D eigenvalue weighted by atomic mass is 16.5. The lowest BCUT2D eigenvalue weighted by Crippen LogP contribution is -2.52. The molecule has 5 nitrogen and oxygen atoms in total. The monoisotopic (exact) mass is 288 g/mol. The van der Waals surface area contributed by atoms with E-state index in [0.717, 1.165) is 37.9 Å². The predicted octanol–water partition coefficient (Wildman–Crippen LogP) is 2.32. The van der Waals surface area contributed by atoms with Gasteiger partial charge in [-0.2, -0.15) is 0 Å². The van der Waals surface area contributed by atoms with E-state index in [1.165, 1.54) is 0 Å². The van der Waals surface area contributed by atoms with Gasteiger partial charge in [0.05, 0.1) is 6.54 Å². The molecule has 1 saturated heterocycles. The van der Waals surface area contributed by atoms with Gasteiger partial charge in [-0.05, 0) is 25.0 Å². The lowest BCUT2D eigenvalue weighted by Gasteiger charge is -2.38. The number of nitrogens with one attached hydrogen (secondary N) is 1. The number of urea groups is 1. The largest absolute Gasteiger partial charge is 0.492 e. The maximum absolute atomic E-state index is 12.2. The molecule has 1 saturated carbocycles. The molecule has 1 aromatic carbocycles. The van der Waals surface area contributed by atoms with Gasteiger partial charge in [0.1, 0.15) is 17.9 Å². The number of hydrogen-bond donors (Lipinski definition) is 1. The van der Waals surface area contributed by atoms with Crippen molar-refractivity contribution in [1.29, 1.82) is 0 Å². The summed E-state index contributed by atoms with van der Waals surface area (Å²) in [7, 11) is 0. The second-order valence-electron chi connectivity index (χ2n) is 5.66. The Bertz CT molecular complexity index is 524. The summed E-state index contributed by atoms with van der Waals surface area (Å²) in [6, 6.07) is 9.22. The van der Waals surface area contributed by atoms with Crippen LogP contribution in [0.25, 0.3) is 0 Å². The highest BCUT2D eigenvalue weighted by Crippen LogP contribution is 2.36. The quantitative estimate of drug-likeness (QED) is 0.865. The molecule has 2 aliphatic rings. The third-order valence-electron chi connectivity index (χ3n) is 4.41. The number of imide groups is 1. The van der Waals surface area contributed by atoms with Crippen molar-refractivity contribution in [3.8, 4) is 5.75 Å². The average molecular weight is 288 g/mol. The molecule has 3 rings (SSSR count). The first-order valence-corrected chi connectivity index (χ1v) is 7.53. The molecule has 3 amide bonds. The minimum absolute atomic E-state index is 0.132. The third kappa shape index (κ3) is 2.60. The van der Waals surface area contributed by atoms with Crippen LogP contribution >= 0.6 is 0 Å². The van der Waals surface area contributed by atoms with Gasteiger partial charge in [-0.3, -0.25) is 10.1 Å². The van der Waals surface area contributed by atoms with Crippen molar-refractivity contribution in [2.45, 2.75) is 37.6 Å². The maximum Gasteiger partial charge on any atom is 0.325 e. The molecule has 1 aromatic rings. The van der Waals surface area contributed by atoms with Crippen LogP contribution in [0.2, 0.25) is 0 Å². The Kier molecular flexibility index (Phi) is 3.82. The van der Waals surface area contributed by atoms with E-state index in [4.69, 9.17) is 4.74 Å². The number of nitrogens with zero attached hydrogens (tertiary/aromatic N) is 1. The lowest BCUT2D eigenvalue weighted by molar-refractivity contribution is -0.128. The van der Waals surface area contributed by atoms with E-state index in [0.29, 0.717) is 13.2 Å². The molecule has 2 fully saturated rings. The highest BCUT2D eigenvalue weighted by Gasteiger charge is 2.52. The highest BCUT2D eigenvalue weighted by molar-refractivity contribution is 6.07. The topological polar surface area (TPSA) is 58.6 Å². The molecule has 0 unspecified atom stereocenters. The Balaban J connectivity index is 1.65. The van der Waals surface area contributed by atoms with Crippen LogP contribution in [0.1, 0.15) is 32.1 Å². The lowest BCUT2D eigenvalue weighted by atomic mass is 9.80. The summed E-state index contributed by atoms with van der Waals surface area (Å²) >= 11 is 0. The number of carbonyl (C=O) groups is 2. The van der Waals surface area contributed by atoms with Crippen LogP contribution < -0.4 is 10.1 Å². The maximum atomic E-state index is 12.2. The number of rotatable bonds is 4. The van der Waals surface area contributed by atoms with Gasteiger partial charge in [-0.1, -0.05) is 37.5 Å². The Morgan fingerprint density at radius 2 is 1.81 bits per heavy atom. The second kappa shape index (κ2) is 5.76. The van der Waals surface area contributed by atoms with Crippen LogP contribution in [0.3, 0.4) is 0 Å². The minimum Gasteiger partial charge on any atom is -0.492 e. The molecular weight excluding hydrogens is 268 g/mol. The normalized spacial score (nSPS) is 20.7. The third-order valence-corrected chi connectivity index (χ3v) is 4.41. The zero-order valence-corrected chi connectivity index (χ0v) is 12.0. The molecule has 0 radical (unpaired) electrons. The molecule has 0 aromatic heterocycles. The van der Waals surface area contributed by atoms with Gasteiger partial charge in [0.15, 0.2) is 0 Å². The fourth-order valence-corrected chi connectivity index (χ4v) is 3.32. The zero-order chi connectivity index (χ0) is 14.7. The molecule has 21 heavy (non-hydrogen) atoms. The van der Waals surface area contributed by atoms with Crippen molar-refractivity contribution in [1.82, 2.24) is 10.2 Å². The summed E-state index contributed by atoms with van der Waals surface area (Å²) < 4.78 is 5.65. The predicted molar refractivity (Wildman–Crippen MR) is 78.0 cm³/mol. The molecule has 1 heterocycles. The molecular formula is C16H20N2O3. The average Bonchev–Trinajstić information content (AvgIpc) is 2.73. The molecule has 1 N–H and O–H groups in total. The van der Waals surface area contributed by atoms with Crippen LogP contribution in [0.5, 0.6) is 5.75 Å². The fourth-order valence-electron chi connectivity index (χ4n) is 3.32. The van der Waals surface area contributed by atoms with E-state index in [9.17, 15) is 9.59 Å². The van der Waals surface area contributed by atoms with E-state index < -0.39 is 5.54 Å². The van der Waals surface area contributed by atoms with Crippen LogP contribution in [-0.2, 0) is 4.79 Å². The van der Waals surface area contributed by atoms with Crippen molar-refractivity contribution in [3.05, 3.63) is 30.3 Å². The summed E-state index contributed by atoms with van der Waals surface area (Å²) in [6.45, 7) is 0.832. The van der Waals surface area contributed by atoms with Crippen LogP contribution in [0.4, 0.5) is 4.79 Å². The van der Waals surface area contributed by atoms with Crippen molar-refractivity contribution < 1.29 is 14.3 Å². The van der Waals surface area contributed by atoms with Crippen molar-refractivity contribution in [3.63, 3.8) is 0 Å². The Morgan fingerprint density at radius 1 is 1.10 bits per heavy atom. The Labute approximate surface area is 124 Å². The van der Waals surface area contributed by atoms with Gasteiger partial charge in [0.25, 0.3) is 5.91 Å². The van der Waals surface area contributed by atoms with Crippen molar-refractivity contribution in [2.75, 3.05) is 13.2 Å². The SMILES string of the molecule is O=C1NC(=O)C2(CCCCC2)N1CCOc1ccccc1. The van der Waals surface area contributed by atoms with Crippen molar-refractivity contribution in [2.24, 2.45) is 0 Å². The number of amides is 3. The van der Waals surface area contributed by atoms with E-state index in [1.54, 1.807) is 4.90 Å². The van der Waals surface area contributed by atoms with E-state index in [-0.39, 0.29) is 11.9 Å². The van der Waals surface area contributed by atoms with Gasteiger partial charge in [-0.15, -0.1) is 0 Å². The smallest absolute Gasteiger partial charge is 0.325 e. The van der Waals surface area contributed by atoms with Gasteiger partial charge in [-0.25, -0.2) is 4.79 Å². The minimum atomic E-state index is -0.630.